The van der Waals surface area contributed by atoms with Gasteiger partial charge in [-0.15, -0.1) is 10.2 Å². The van der Waals surface area contributed by atoms with Gasteiger partial charge in [-0.1, -0.05) is 11.8 Å². The Balaban J connectivity index is 1.65. The summed E-state index contributed by atoms with van der Waals surface area (Å²) < 4.78 is 26.8. The Bertz CT molecular complexity index is 1170. The van der Waals surface area contributed by atoms with Crippen molar-refractivity contribution in [3.63, 3.8) is 0 Å². The highest BCUT2D eigenvalue weighted by atomic mass is 32.2. The lowest BCUT2D eigenvalue weighted by molar-refractivity contribution is 0.102. The van der Waals surface area contributed by atoms with Crippen LogP contribution in [0.15, 0.2) is 53.7 Å². The molecular weight excluding hydrogens is 446 g/mol. The van der Waals surface area contributed by atoms with Crippen molar-refractivity contribution in [2.24, 2.45) is 7.05 Å². The number of carbonyl (C=O) groups is 1. The van der Waals surface area contributed by atoms with Gasteiger partial charge in [-0.2, -0.15) is 0 Å². The van der Waals surface area contributed by atoms with Gasteiger partial charge in [0.1, 0.15) is 0 Å². The van der Waals surface area contributed by atoms with E-state index >= 15 is 0 Å². The standard InChI is InChI=1S/C22H27N5O3S2/c1-5-27(6-2)19-13-9-17(10-14-19)21-23-24-22(26(21)3)31-15-20(28)16-7-11-18(12-8-16)25-32(4,29)30/h7-14,25H,5-6,15H2,1-4H3. The zero-order chi connectivity index (χ0) is 23.3. The minimum Gasteiger partial charge on any atom is -0.372 e. The highest BCUT2D eigenvalue weighted by molar-refractivity contribution is 7.99. The molecule has 0 fully saturated rings. The van der Waals surface area contributed by atoms with Gasteiger partial charge in [0.05, 0.1) is 12.0 Å². The quantitative estimate of drug-likeness (QED) is 0.354. The molecule has 1 aromatic heterocycles. The van der Waals surface area contributed by atoms with Crippen LogP contribution in [0.3, 0.4) is 0 Å². The van der Waals surface area contributed by atoms with Crippen LogP contribution in [0.1, 0.15) is 24.2 Å². The third kappa shape index (κ3) is 5.89. The molecule has 0 amide bonds. The molecule has 0 radical (unpaired) electrons. The van der Waals surface area contributed by atoms with E-state index in [0.717, 1.165) is 30.7 Å². The first-order valence-electron chi connectivity index (χ1n) is 10.2. The maximum Gasteiger partial charge on any atom is 0.229 e. The first-order valence-corrected chi connectivity index (χ1v) is 13.1. The normalized spacial score (nSPS) is 11.4. The molecule has 0 bridgehead atoms. The smallest absolute Gasteiger partial charge is 0.229 e. The van der Waals surface area contributed by atoms with Crippen LogP contribution in [0.4, 0.5) is 11.4 Å². The van der Waals surface area contributed by atoms with Gasteiger partial charge in [-0.05, 0) is 62.4 Å². The molecule has 2 aromatic carbocycles. The number of hydrogen-bond acceptors (Lipinski definition) is 7. The fraction of sp³-hybridized carbons (Fsp3) is 0.318. The molecule has 0 aliphatic carbocycles. The van der Waals surface area contributed by atoms with E-state index in [9.17, 15) is 13.2 Å². The Kier molecular flexibility index (Phi) is 7.57. The van der Waals surface area contributed by atoms with Crippen LogP contribution in [-0.2, 0) is 17.1 Å². The largest absolute Gasteiger partial charge is 0.372 e. The van der Waals surface area contributed by atoms with Gasteiger partial charge in [0.2, 0.25) is 10.0 Å². The summed E-state index contributed by atoms with van der Waals surface area (Å²) in [7, 11) is -1.47. The molecule has 1 heterocycles. The van der Waals surface area contributed by atoms with Crippen LogP contribution in [0.25, 0.3) is 11.4 Å². The Morgan fingerprint density at radius 3 is 2.22 bits per heavy atom. The van der Waals surface area contributed by atoms with Gasteiger partial charge >= 0.3 is 0 Å². The third-order valence-corrected chi connectivity index (χ3v) is 6.56. The molecule has 0 spiro atoms. The second-order valence-corrected chi connectivity index (χ2v) is 9.94. The Hall–Kier alpha value is -2.85. The molecule has 0 atom stereocenters. The van der Waals surface area contributed by atoms with Crippen molar-refractivity contribution >= 4 is 38.9 Å². The molecule has 10 heteroatoms. The predicted octanol–water partition coefficient (Wildman–Crippen LogP) is 3.67. The molecule has 0 saturated carbocycles. The van der Waals surface area contributed by atoms with Gasteiger partial charge in [0.15, 0.2) is 16.8 Å². The fourth-order valence-electron chi connectivity index (χ4n) is 3.25. The molecule has 3 rings (SSSR count). The van der Waals surface area contributed by atoms with Crippen LogP contribution in [0, 0.1) is 0 Å². The molecule has 8 nitrogen and oxygen atoms in total. The maximum absolute atomic E-state index is 12.5. The van der Waals surface area contributed by atoms with Crippen molar-refractivity contribution in [3.05, 3.63) is 54.1 Å². The molecule has 32 heavy (non-hydrogen) atoms. The topological polar surface area (TPSA) is 97.2 Å². The number of anilines is 2. The number of ketones is 1. The molecule has 170 valence electrons. The molecule has 3 aromatic rings. The van der Waals surface area contributed by atoms with E-state index < -0.39 is 10.0 Å². The zero-order valence-electron chi connectivity index (χ0n) is 18.6. The lowest BCUT2D eigenvalue weighted by Gasteiger charge is -2.21. The van der Waals surface area contributed by atoms with E-state index in [4.69, 9.17) is 0 Å². The highest BCUT2D eigenvalue weighted by Gasteiger charge is 2.14. The summed E-state index contributed by atoms with van der Waals surface area (Å²) >= 11 is 1.32. The number of Topliss-reactive ketones (excluding diaryl/α,β-unsaturated/α-hetero) is 1. The van der Waals surface area contributed by atoms with Crippen LogP contribution in [0.5, 0.6) is 0 Å². The predicted molar refractivity (Wildman–Crippen MR) is 130 cm³/mol. The van der Waals surface area contributed by atoms with Gasteiger partial charge < -0.3 is 9.47 Å². The lowest BCUT2D eigenvalue weighted by Crippen LogP contribution is -2.21. The van der Waals surface area contributed by atoms with Gasteiger partial charge in [0.25, 0.3) is 0 Å². The van der Waals surface area contributed by atoms with E-state index in [1.807, 2.05) is 23.7 Å². The Labute approximate surface area is 193 Å². The number of rotatable bonds is 10. The Morgan fingerprint density at radius 1 is 1.03 bits per heavy atom. The van der Waals surface area contributed by atoms with Crippen LogP contribution in [-0.4, -0.2) is 54.1 Å². The monoisotopic (exact) mass is 473 g/mol. The van der Waals surface area contributed by atoms with Crippen molar-refractivity contribution in [1.82, 2.24) is 14.8 Å². The van der Waals surface area contributed by atoms with Crippen molar-refractivity contribution in [2.45, 2.75) is 19.0 Å². The summed E-state index contributed by atoms with van der Waals surface area (Å²) in [6.45, 7) is 6.16. The number of nitrogens with zero attached hydrogens (tertiary/aromatic N) is 4. The highest BCUT2D eigenvalue weighted by Crippen LogP contribution is 2.25. The number of thioether (sulfide) groups is 1. The van der Waals surface area contributed by atoms with E-state index in [-0.39, 0.29) is 11.5 Å². The summed E-state index contributed by atoms with van der Waals surface area (Å²) in [5, 5.41) is 9.19. The van der Waals surface area contributed by atoms with E-state index in [2.05, 4.69) is 45.8 Å². The average Bonchev–Trinajstić information content (AvgIpc) is 3.13. The summed E-state index contributed by atoms with van der Waals surface area (Å²) in [5.74, 6) is 0.863. The second kappa shape index (κ2) is 10.2. The van der Waals surface area contributed by atoms with E-state index in [1.54, 1.807) is 24.3 Å². The molecular formula is C22H27N5O3S2. The number of benzene rings is 2. The second-order valence-electron chi connectivity index (χ2n) is 7.25. The SMILES string of the molecule is CCN(CC)c1ccc(-c2nnc(SCC(=O)c3ccc(NS(C)(=O)=O)cc3)n2C)cc1. The van der Waals surface area contributed by atoms with Crippen molar-refractivity contribution in [3.8, 4) is 11.4 Å². The summed E-state index contributed by atoms with van der Waals surface area (Å²) in [6.07, 6.45) is 1.08. The first-order chi connectivity index (χ1) is 15.2. The lowest BCUT2D eigenvalue weighted by atomic mass is 10.1. The van der Waals surface area contributed by atoms with Crippen molar-refractivity contribution in [1.29, 1.82) is 0 Å². The average molecular weight is 474 g/mol. The van der Waals surface area contributed by atoms with Crippen LogP contribution in [0.2, 0.25) is 0 Å². The number of nitrogens with one attached hydrogen (secondary N) is 1. The zero-order valence-corrected chi connectivity index (χ0v) is 20.2. The molecule has 0 aliphatic heterocycles. The summed E-state index contributed by atoms with van der Waals surface area (Å²) in [6, 6.07) is 14.6. The number of sulfonamides is 1. The third-order valence-electron chi connectivity index (χ3n) is 4.93. The van der Waals surface area contributed by atoms with Crippen LogP contribution >= 0.6 is 11.8 Å². The minimum absolute atomic E-state index is 0.0750. The fourth-order valence-corrected chi connectivity index (χ4v) is 4.62. The molecule has 0 unspecified atom stereocenters. The van der Waals surface area contributed by atoms with Crippen molar-refractivity contribution < 1.29 is 13.2 Å². The number of aromatic nitrogens is 3. The van der Waals surface area contributed by atoms with Gasteiger partial charge in [0, 0.05) is 42.6 Å². The van der Waals surface area contributed by atoms with E-state index in [1.165, 1.54) is 17.4 Å². The first kappa shape index (κ1) is 23.8. The Morgan fingerprint density at radius 2 is 1.66 bits per heavy atom. The molecule has 0 saturated heterocycles. The van der Waals surface area contributed by atoms with Gasteiger partial charge in [-0.3, -0.25) is 9.52 Å². The maximum atomic E-state index is 12.5. The van der Waals surface area contributed by atoms with Crippen LogP contribution < -0.4 is 9.62 Å². The molecule has 1 N–H and O–H groups in total. The number of carbonyl (C=O) groups excluding carboxylic acids is 1. The minimum atomic E-state index is -3.35. The van der Waals surface area contributed by atoms with Crippen molar-refractivity contribution in [2.75, 3.05) is 34.7 Å². The number of hydrogen-bond donors (Lipinski definition) is 1. The van der Waals surface area contributed by atoms with E-state index in [0.29, 0.717) is 16.4 Å². The summed E-state index contributed by atoms with van der Waals surface area (Å²) in [4.78, 5) is 14.8. The van der Waals surface area contributed by atoms with Gasteiger partial charge in [-0.25, -0.2) is 8.42 Å². The molecule has 0 aliphatic rings. The summed E-state index contributed by atoms with van der Waals surface area (Å²) in [5.41, 5.74) is 3.05.